The molecule has 0 aromatic heterocycles. The molecule has 1 heterocycles. The summed E-state index contributed by atoms with van der Waals surface area (Å²) < 4.78 is 5.64. The molecule has 4 nitrogen and oxygen atoms in total. The van der Waals surface area contributed by atoms with Crippen LogP contribution in [0.5, 0.6) is 5.75 Å². The van der Waals surface area contributed by atoms with E-state index in [1.807, 2.05) is 24.3 Å². The van der Waals surface area contributed by atoms with Gasteiger partial charge in [-0.1, -0.05) is 26.0 Å². The molecule has 0 radical (unpaired) electrons. The summed E-state index contributed by atoms with van der Waals surface area (Å²) in [4.78, 5) is 12.2. The molecule has 2 unspecified atom stereocenters. The fourth-order valence-corrected chi connectivity index (χ4v) is 2.30. The molecule has 1 saturated heterocycles. The average molecular weight is 262 g/mol. The second kappa shape index (κ2) is 6.57. The van der Waals surface area contributed by atoms with Crippen molar-refractivity contribution < 1.29 is 9.53 Å². The van der Waals surface area contributed by atoms with Gasteiger partial charge in [0.25, 0.3) is 0 Å². The van der Waals surface area contributed by atoms with Crippen molar-refractivity contribution in [1.82, 2.24) is 5.32 Å². The Hall–Kier alpha value is -1.55. The molecule has 1 aliphatic heterocycles. The molecule has 1 aliphatic rings. The van der Waals surface area contributed by atoms with Crippen molar-refractivity contribution >= 4 is 11.6 Å². The number of carbonyl (C=O) groups excluding carboxylic acids is 1. The number of nitrogens with one attached hydrogen (secondary N) is 2. The van der Waals surface area contributed by atoms with E-state index in [1.165, 1.54) is 0 Å². The van der Waals surface area contributed by atoms with Crippen LogP contribution in [-0.2, 0) is 4.79 Å². The van der Waals surface area contributed by atoms with E-state index in [1.54, 1.807) is 0 Å². The standard InChI is InChI=1S/C15H22N2O2/c1-3-10-19-13-7-5-4-6-12(13)17-15(18)14-11(2)8-9-16-14/h4-7,11,14,16H,3,8-10H2,1-2H3,(H,17,18). The maximum absolute atomic E-state index is 12.2. The fourth-order valence-electron chi connectivity index (χ4n) is 2.30. The topological polar surface area (TPSA) is 50.4 Å². The third-order valence-corrected chi connectivity index (χ3v) is 3.42. The highest BCUT2D eigenvalue weighted by Crippen LogP contribution is 2.25. The molecule has 1 aromatic carbocycles. The number of ether oxygens (including phenoxy) is 1. The lowest BCUT2D eigenvalue weighted by Crippen LogP contribution is -2.39. The molecule has 19 heavy (non-hydrogen) atoms. The summed E-state index contributed by atoms with van der Waals surface area (Å²) in [5.41, 5.74) is 0.752. The van der Waals surface area contributed by atoms with E-state index in [9.17, 15) is 4.79 Å². The summed E-state index contributed by atoms with van der Waals surface area (Å²) in [5.74, 6) is 1.14. The zero-order chi connectivity index (χ0) is 13.7. The lowest BCUT2D eigenvalue weighted by atomic mass is 10.0. The number of hydrogen-bond donors (Lipinski definition) is 2. The Morgan fingerprint density at radius 1 is 1.47 bits per heavy atom. The van der Waals surface area contributed by atoms with Crippen molar-refractivity contribution in [3.05, 3.63) is 24.3 Å². The van der Waals surface area contributed by atoms with Gasteiger partial charge in [-0.25, -0.2) is 0 Å². The van der Waals surface area contributed by atoms with Gasteiger partial charge in [0.1, 0.15) is 5.75 Å². The van der Waals surface area contributed by atoms with Crippen LogP contribution in [0.15, 0.2) is 24.3 Å². The van der Waals surface area contributed by atoms with Gasteiger partial charge in [0.2, 0.25) is 5.91 Å². The lowest BCUT2D eigenvalue weighted by molar-refractivity contribution is -0.118. The van der Waals surface area contributed by atoms with E-state index in [0.29, 0.717) is 12.5 Å². The van der Waals surface area contributed by atoms with Crippen LogP contribution in [0, 0.1) is 5.92 Å². The van der Waals surface area contributed by atoms with Gasteiger partial charge in [-0.15, -0.1) is 0 Å². The quantitative estimate of drug-likeness (QED) is 0.856. The Morgan fingerprint density at radius 2 is 2.26 bits per heavy atom. The Bertz CT molecular complexity index is 434. The minimum atomic E-state index is -0.0979. The third kappa shape index (κ3) is 3.47. The molecule has 0 saturated carbocycles. The monoisotopic (exact) mass is 262 g/mol. The molecule has 0 spiro atoms. The van der Waals surface area contributed by atoms with E-state index >= 15 is 0 Å². The van der Waals surface area contributed by atoms with Crippen LogP contribution in [0.1, 0.15) is 26.7 Å². The second-order valence-electron chi connectivity index (χ2n) is 5.03. The van der Waals surface area contributed by atoms with Gasteiger partial charge in [-0.05, 0) is 37.4 Å². The molecule has 1 amide bonds. The molecule has 0 aliphatic carbocycles. The van der Waals surface area contributed by atoms with Gasteiger partial charge >= 0.3 is 0 Å². The minimum absolute atomic E-state index is 0.0255. The van der Waals surface area contributed by atoms with E-state index in [0.717, 1.165) is 30.8 Å². The zero-order valence-electron chi connectivity index (χ0n) is 11.6. The number of anilines is 1. The Kier molecular flexibility index (Phi) is 4.80. The summed E-state index contributed by atoms with van der Waals surface area (Å²) in [5, 5.41) is 6.20. The van der Waals surface area contributed by atoms with Crippen LogP contribution in [0.2, 0.25) is 0 Å². The molecular formula is C15H22N2O2. The van der Waals surface area contributed by atoms with Gasteiger partial charge in [-0.3, -0.25) is 4.79 Å². The average Bonchev–Trinajstić information content (AvgIpc) is 2.84. The largest absolute Gasteiger partial charge is 0.491 e. The molecule has 0 bridgehead atoms. The Morgan fingerprint density at radius 3 is 2.95 bits per heavy atom. The predicted molar refractivity (Wildman–Crippen MR) is 76.4 cm³/mol. The summed E-state index contributed by atoms with van der Waals surface area (Å²) in [6.45, 7) is 5.73. The first-order valence-corrected chi connectivity index (χ1v) is 6.98. The highest BCUT2D eigenvalue weighted by atomic mass is 16.5. The van der Waals surface area contributed by atoms with Crippen molar-refractivity contribution in [2.75, 3.05) is 18.5 Å². The summed E-state index contributed by atoms with van der Waals surface area (Å²) in [6, 6.07) is 7.48. The van der Waals surface area contributed by atoms with Crippen LogP contribution >= 0.6 is 0 Å². The molecule has 4 heteroatoms. The number of amides is 1. The van der Waals surface area contributed by atoms with Crippen LogP contribution in [0.25, 0.3) is 0 Å². The van der Waals surface area contributed by atoms with Crippen molar-refractivity contribution in [1.29, 1.82) is 0 Å². The summed E-state index contributed by atoms with van der Waals surface area (Å²) in [6.07, 6.45) is 2.00. The zero-order valence-corrected chi connectivity index (χ0v) is 11.6. The number of carbonyl (C=O) groups is 1. The van der Waals surface area contributed by atoms with Gasteiger partial charge in [-0.2, -0.15) is 0 Å². The molecule has 2 N–H and O–H groups in total. The maximum atomic E-state index is 12.2. The summed E-state index contributed by atoms with van der Waals surface area (Å²) in [7, 11) is 0. The van der Waals surface area contributed by atoms with Crippen molar-refractivity contribution in [3.8, 4) is 5.75 Å². The SMILES string of the molecule is CCCOc1ccccc1NC(=O)C1NCCC1C. The predicted octanol–water partition coefficient (Wildman–Crippen LogP) is 2.41. The highest BCUT2D eigenvalue weighted by molar-refractivity contribution is 5.96. The van der Waals surface area contributed by atoms with Crippen LogP contribution in [0.3, 0.4) is 0 Å². The molecular weight excluding hydrogens is 240 g/mol. The Labute approximate surface area is 114 Å². The fraction of sp³-hybridized carbons (Fsp3) is 0.533. The van der Waals surface area contributed by atoms with Crippen molar-refractivity contribution in [2.24, 2.45) is 5.92 Å². The van der Waals surface area contributed by atoms with Crippen molar-refractivity contribution in [2.45, 2.75) is 32.7 Å². The normalized spacial score (nSPS) is 22.2. The van der Waals surface area contributed by atoms with Crippen molar-refractivity contribution in [3.63, 3.8) is 0 Å². The summed E-state index contributed by atoms with van der Waals surface area (Å²) >= 11 is 0. The van der Waals surface area contributed by atoms with E-state index in [-0.39, 0.29) is 11.9 Å². The molecule has 2 atom stereocenters. The van der Waals surface area contributed by atoms with Gasteiger partial charge < -0.3 is 15.4 Å². The first-order chi connectivity index (χ1) is 9.22. The third-order valence-electron chi connectivity index (χ3n) is 3.42. The lowest BCUT2D eigenvalue weighted by Gasteiger charge is -2.17. The van der Waals surface area contributed by atoms with Gasteiger partial charge in [0, 0.05) is 0 Å². The smallest absolute Gasteiger partial charge is 0.241 e. The Balaban J connectivity index is 2.03. The number of hydrogen-bond acceptors (Lipinski definition) is 3. The molecule has 2 rings (SSSR count). The number of rotatable bonds is 5. The first kappa shape index (κ1) is 13.9. The van der Waals surface area contributed by atoms with E-state index in [4.69, 9.17) is 4.74 Å². The minimum Gasteiger partial charge on any atom is -0.491 e. The van der Waals surface area contributed by atoms with Gasteiger partial charge in [0.05, 0.1) is 18.3 Å². The first-order valence-electron chi connectivity index (χ1n) is 6.98. The van der Waals surface area contributed by atoms with Gasteiger partial charge in [0.15, 0.2) is 0 Å². The molecule has 104 valence electrons. The van der Waals surface area contributed by atoms with E-state index in [2.05, 4.69) is 24.5 Å². The second-order valence-corrected chi connectivity index (χ2v) is 5.03. The number of para-hydroxylation sites is 2. The molecule has 1 fully saturated rings. The van der Waals surface area contributed by atoms with Crippen LogP contribution < -0.4 is 15.4 Å². The number of benzene rings is 1. The van der Waals surface area contributed by atoms with E-state index < -0.39 is 0 Å². The highest BCUT2D eigenvalue weighted by Gasteiger charge is 2.29. The molecule has 1 aromatic rings. The van der Waals surface area contributed by atoms with Crippen LogP contribution in [0.4, 0.5) is 5.69 Å². The maximum Gasteiger partial charge on any atom is 0.241 e. The van der Waals surface area contributed by atoms with Crippen LogP contribution in [-0.4, -0.2) is 25.1 Å².